The number of carbonyl (C=O) groups is 1. The molecule has 0 bridgehead atoms. The molecule has 0 heterocycles. The highest BCUT2D eigenvalue weighted by atomic mass is 19.4. The fourth-order valence-corrected chi connectivity index (χ4v) is 2.29. The Bertz CT molecular complexity index is 871. The number of ether oxygens (including phenoxy) is 1. The first-order chi connectivity index (χ1) is 14.1. The van der Waals surface area contributed by atoms with E-state index in [1.807, 2.05) is 0 Å². The second kappa shape index (κ2) is 8.14. The van der Waals surface area contributed by atoms with Crippen LogP contribution in [0.15, 0.2) is 30.8 Å². The standard InChI is InChI=1S/C17H11F13O2/c1-3-32-11(31)8(2)9-6-4-5-7-10(9)12(18,19)13(20,21)14(22,23)15(24,25)16(26,27)17(28,29)30/h4-7H,2-3H2,1H3. The van der Waals surface area contributed by atoms with Crippen LogP contribution in [-0.2, 0) is 15.5 Å². The number of benzene rings is 1. The number of hydrogen-bond donors (Lipinski definition) is 0. The van der Waals surface area contributed by atoms with E-state index in [9.17, 15) is 61.9 Å². The van der Waals surface area contributed by atoms with Crippen LogP contribution in [0.2, 0.25) is 0 Å². The Kier molecular flexibility index (Phi) is 7.01. The van der Waals surface area contributed by atoms with Gasteiger partial charge in [-0.05, 0) is 12.5 Å². The van der Waals surface area contributed by atoms with Gasteiger partial charge in [0.05, 0.1) is 12.2 Å². The molecule has 2 nitrogen and oxygen atoms in total. The van der Waals surface area contributed by atoms with Crippen LogP contribution in [0.4, 0.5) is 57.1 Å². The molecule has 0 spiro atoms. The summed E-state index contributed by atoms with van der Waals surface area (Å²) in [4.78, 5) is 11.6. The number of rotatable bonds is 8. The first-order valence-corrected chi connectivity index (χ1v) is 8.04. The minimum absolute atomic E-state index is 0.0657. The van der Waals surface area contributed by atoms with E-state index in [1.165, 1.54) is 6.92 Å². The average Bonchev–Trinajstić information content (AvgIpc) is 2.66. The summed E-state index contributed by atoms with van der Waals surface area (Å²) in [6.45, 7) is 3.74. The van der Waals surface area contributed by atoms with Gasteiger partial charge in [-0.15, -0.1) is 0 Å². The first-order valence-electron chi connectivity index (χ1n) is 8.04. The first kappa shape index (κ1) is 27.6. The highest BCUT2D eigenvalue weighted by molar-refractivity contribution is 6.16. The van der Waals surface area contributed by atoms with Gasteiger partial charge in [-0.25, -0.2) is 4.79 Å². The van der Waals surface area contributed by atoms with Crippen LogP contribution in [0.1, 0.15) is 18.1 Å². The van der Waals surface area contributed by atoms with Crippen molar-refractivity contribution in [3.05, 3.63) is 42.0 Å². The Morgan fingerprint density at radius 1 is 0.781 bits per heavy atom. The summed E-state index contributed by atoms with van der Waals surface area (Å²) in [5, 5.41) is 0. The number of carbonyl (C=O) groups excluding carboxylic acids is 1. The van der Waals surface area contributed by atoms with Crippen molar-refractivity contribution < 1.29 is 66.6 Å². The zero-order chi connectivity index (χ0) is 25.6. The maximum atomic E-state index is 14.4. The lowest BCUT2D eigenvalue weighted by Gasteiger charge is -2.40. The minimum atomic E-state index is -8.02. The molecule has 1 aromatic carbocycles. The number of esters is 1. The van der Waals surface area contributed by atoms with E-state index < -0.39 is 65.1 Å². The lowest BCUT2D eigenvalue weighted by Crippen LogP contribution is -2.69. The molecule has 0 atom stereocenters. The molecule has 0 amide bonds. The van der Waals surface area contributed by atoms with E-state index in [0.29, 0.717) is 12.1 Å². The molecule has 0 aromatic heterocycles. The number of alkyl halides is 13. The van der Waals surface area contributed by atoms with Crippen molar-refractivity contribution in [2.45, 2.75) is 42.7 Å². The maximum absolute atomic E-state index is 14.4. The molecular formula is C17H11F13O2. The summed E-state index contributed by atoms with van der Waals surface area (Å²) in [6.07, 6.45) is -7.50. The van der Waals surface area contributed by atoms with Crippen LogP contribution < -0.4 is 0 Å². The Labute approximate surface area is 170 Å². The Morgan fingerprint density at radius 2 is 1.22 bits per heavy atom. The number of halogens is 13. The Balaban J connectivity index is 3.71. The summed E-state index contributed by atoms with van der Waals surface area (Å²) >= 11 is 0. The molecule has 0 saturated carbocycles. The topological polar surface area (TPSA) is 26.3 Å². The van der Waals surface area contributed by atoms with Crippen molar-refractivity contribution in [3.8, 4) is 0 Å². The molecular weight excluding hydrogens is 483 g/mol. The predicted octanol–water partition coefficient (Wildman–Crippen LogP) is 6.46. The molecule has 15 heteroatoms. The predicted molar refractivity (Wildman–Crippen MR) is 81.8 cm³/mol. The smallest absolute Gasteiger partial charge is 0.460 e. The normalized spacial score (nSPS) is 14.3. The summed E-state index contributed by atoms with van der Waals surface area (Å²) in [5.74, 6) is -39.3. The van der Waals surface area contributed by atoms with Crippen LogP contribution in [0.25, 0.3) is 5.57 Å². The van der Waals surface area contributed by atoms with Gasteiger partial charge in [0.2, 0.25) is 0 Å². The molecule has 0 aliphatic heterocycles. The van der Waals surface area contributed by atoms with Crippen LogP contribution in [0, 0.1) is 0 Å². The lowest BCUT2D eigenvalue weighted by atomic mass is 9.87. The van der Waals surface area contributed by atoms with Crippen molar-refractivity contribution in [2.75, 3.05) is 6.61 Å². The lowest BCUT2D eigenvalue weighted by molar-refractivity contribution is -0.441. The average molecular weight is 494 g/mol. The van der Waals surface area contributed by atoms with Gasteiger partial charge in [0.1, 0.15) is 0 Å². The molecule has 0 fully saturated rings. The quantitative estimate of drug-likeness (QED) is 0.236. The van der Waals surface area contributed by atoms with Crippen molar-refractivity contribution >= 4 is 11.5 Å². The van der Waals surface area contributed by atoms with E-state index in [2.05, 4.69) is 11.3 Å². The highest BCUT2D eigenvalue weighted by Gasteiger charge is 2.91. The van der Waals surface area contributed by atoms with Gasteiger partial charge in [-0.1, -0.05) is 30.8 Å². The van der Waals surface area contributed by atoms with Crippen molar-refractivity contribution in [3.63, 3.8) is 0 Å². The summed E-state index contributed by atoms with van der Waals surface area (Å²) in [5.41, 5.74) is -4.76. The Morgan fingerprint density at radius 3 is 1.66 bits per heavy atom. The zero-order valence-electron chi connectivity index (χ0n) is 15.5. The molecule has 0 N–H and O–H groups in total. The van der Waals surface area contributed by atoms with Gasteiger partial charge in [0.15, 0.2) is 0 Å². The fraction of sp³-hybridized carbons (Fsp3) is 0.471. The number of hydrogen-bond acceptors (Lipinski definition) is 2. The fourth-order valence-electron chi connectivity index (χ4n) is 2.29. The monoisotopic (exact) mass is 494 g/mol. The van der Waals surface area contributed by atoms with E-state index in [0.717, 1.165) is 6.07 Å². The van der Waals surface area contributed by atoms with Gasteiger partial charge in [0.25, 0.3) is 0 Å². The molecule has 0 aliphatic carbocycles. The van der Waals surface area contributed by atoms with E-state index in [-0.39, 0.29) is 6.07 Å². The van der Waals surface area contributed by atoms with E-state index in [4.69, 9.17) is 0 Å². The summed E-state index contributed by atoms with van der Waals surface area (Å²) in [6, 6.07) is 1.65. The van der Waals surface area contributed by atoms with Crippen molar-refractivity contribution in [2.24, 2.45) is 0 Å². The van der Waals surface area contributed by atoms with Gasteiger partial charge in [0, 0.05) is 5.56 Å². The van der Waals surface area contributed by atoms with E-state index >= 15 is 0 Å². The Hall–Kier alpha value is -2.48. The molecule has 1 rings (SSSR count). The highest BCUT2D eigenvalue weighted by Crippen LogP contribution is 2.62. The van der Waals surface area contributed by atoms with Gasteiger partial charge >= 0.3 is 41.8 Å². The van der Waals surface area contributed by atoms with Gasteiger partial charge in [-0.2, -0.15) is 57.1 Å². The SMILES string of the molecule is C=C(C(=O)OCC)c1ccccc1C(F)(F)C(F)(F)C(F)(F)C(F)(F)C(F)(F)C(F)(F)F. The summed E-state index contributed by atoms with van der Waals surface area (Å²) < 4.78 is 178. The maximum Gasteiger partial charge on any atom is 0.460 e. The second-order valence-corrected chi connectivity index (χ2v) is 6.11. The van der Waals surface area contributed by atoms with Crippen molar-refractivity contribution in [1.82, 2.24) is 0 Å². The molecule has 32 heavy (non-hydrogen) atoms. The van der Waals surface area contributed by atoms with Crippen molar-refractivity contribution in [1.29, 1.82) is 0 Å². The van der Waals surface area contributed by atoms with Crippen LogP contribution >= 0.6 is 0 Å². The van der Waals surface area contributed by atoms with Crippen LogP contribution in [0.3, 0.4) is 0 Å². The third-order valence-corrected chi connectivity index (χ3v) is 4.05. The van der Waals surface area contributed by atoms with Gasteiger partial charge in [-0.3, -0.25) is 0 Å². The second-order valence-electron chi connectivity index (χ2n) is 6.11. The molecule has 1 aromatic rings. The molecule has 0 unspecified atom stereocenters. The third kappa shape index (κ3) is 3.89. The summed E-state index contributed by atoms with van der Waals surface area (Å²) in [7, 11) is 0. The molecule has 182 valence electrons. The zero-order valence-corrected chi connectivity index (χ0v) is 15.5. The molecule has 0 radical (unpaired) electrons. The molecule has 0 aliphatic rings. The van der Waals surface area contributed by atoms with Crippen LogP contribution in [-0.4, -0.2) is 42.4 Å². The third-order valence-electron chi connectivity index (χ3n) is 4.05. The van der Waals surface area contributed by atoms with Gasteiger partial charge < -0.3 is 4.74 Å². The van der Waals surface area contributed by atoms with E-state index in [1.54, 1.807) is 0 Å². The van der Waals surface area contributed by atoms with Crippen LogP contribution in [0.5, 0.6) is 0 Å². The largest absolute Gasteiger partial charge is 0.462 e. The molecule has 0 saturated heterocycles. The minimum Gasteiger partial charge on any atom is -0.462 e.